The molecule has 0 spiro atoms. The average Bonchev–Trinajstić information content (AvgIpc) is 3.41. The van der Waals surface area contributed by atoms with Gasteiger partial charge >= 0.3 is 0 Å². The lowest BCUT2D eigenvalue weighted by atomic mass is 10.0. The molecule has 2 fully saturated rings. The van der Waals surface area contributed by atoms with Crippen LogP contribution in [0.4, 0.5) is 5.82 Å². The third-order valence-electron chi connectivity index (χ3n) is 5.44. The lowest BCUT2D eigenvalue weighted by Gasteiger charge is -2.32. The number of piperidine rings is 1. The van der Waals surface area contributed by atoms with Crippen molar-refractivity contribution in [3.05, 3.63) is 42.4 Å². The number of anilines is 1. The summed E-state index contributed by atoms with van der Waals surface area (Å²) >= 11 is 0. The number of aromatic nitrogens is 3. The van der Waals surface area contributed by atoms with Gasteiger partial charge in [-0.2, -0.15) is 5.10 Å². The first-order valence-corrected chi connectivity index (χ1v) is 9.80. The van der Waals surface area contributed by atoms with Crippen LogP contribution in [0.5, 0.6) is 0 Å². The number of amides is 2. The van der Waals surface area contributed by atoms with E-state index in [1.54, 1.807) is 12.4 Å². The van der Waals surface area contributed by atoms with Gasteiger partial charge in [0.05, 0.1) is 31.2 Å². The minimum atomic E-state index is -0.0885. The van der Waals surface area contributed by atoms with Crippen molar-refractivity contribution >= 4 is 17.6 Å². The number of hydrogen-bond acceptors (Lipinski definition) is 5. The molecule has 2 saturated heterocycles. The monoisotopic (exact) mass is 383 g/mol. The number of hydrogen-bond donors (Lipinski definition) is 1. The van der Waals surface area contributed by atoms with E-state index < -0.39 is 0 Å². The fourth-order valence-corrected chi connectivity index (χ4v) is 3.80. The predicted molar refractivity (Wildman–Crippen MR) is 103 cm³/mol. The van der Waals surface area contributed by atoms with Crippen molar-refractivity contribution in [3.63, 3.8) is 0 Å². The maximum Gasteiger partial charge on any atom is 0.231 e. The second-order valence-corrected chi connectivity index (χ2v) is 7.32. The van der Waals surface area contributed by atoms with Crippen LogP contribution in [0, 0.1) is 5.92 Å². The molecule has 0 saturated carbocycles. The summed E-state index contributed by atoms with van der Waals surface area (Å²) in [5, 5.41) is 7.40. The Labute approximate surface area is 163 Å². The van der Waals surface area contributed by atoms with E-state index in [0.29, 0.717) is 32.7 Å². The van der Waals surface area contributed by atoms with Crippen molar-refractivity contribution in [1.82, 2.24) is 19.7 Å². The lowest BCUT2D eigenvalue weighted by Crippen LogP contribution is -2.40. The fraction of sp³-hybridized carbons (Fsp3) is 0.500. The summed E-state index contributed by atoms with van der Waals surface area (Å²) < 4.78 is 7.18. The molecule has 2 aliphatic rings. The van der Waals surface area contributed by atoms with Gasteiger partial charge in [-0.25, -0.2) is 4.68 Å². The van der Waals surface area contributed by atoms with E-state index in [2.05, 4.69) is 15.4 Å². The smallest absolute Gasteiger partial charge is 0.231 e. The van der Waals surface area contributed by atoms with Crippen LogP contribution in [-0.2, 0) is 20.7 Å². The summed E-state index contributed by atoms with van der Waals surface area (Å²) in [4.78, 5) is 31.0. The van der Waals surface area contributed by atoms with Gasteiger partial charge in [0.25, 0.3) is 0 Å². The van der Waals surface area contributed by atoms with Crippen molar-refractivity contribution < 1.29 is 14.3 Å². The van der Waals surface area contributed by atoms with Gasteiger partial charge in [-0.05, 0) is 31.4 Å². The molecule has 2 aromatic rings. The molecule has 1 N–H and O–H groups in total. The van der Waals surface area contributed by atoms with E-state index in [1.807, 2.05) is 33.8 Å². The molecule has 0 unspecified atom stereocenters. The predicted octanol–water partition coefficient (Wildman–Crippen LogP) is 1.66. The molecule has 2 aromatic heterocycles. The number of rotatable bonds is 5. The molecule has 1 atom stereocenters. The third-order valence-corrected chi connectivity index (χ3v) is 5.44. The molecule has 2 amide bonds. The van der Waals surface area contributed by atoms with Gasteiger partial charge in [-0.1, -0.05) is 6.07 Å². The molecule has 148 valence electrons. The summed E-state index contributed by atoms with van der Waals surface area (Å²) in [7, 11) is 0. The summed E-state index contributed by atoms with van der Waals surface area (Å²) in [6.45, 7) is 2.49. The highest BCUT2D eigenvalue weighted by atomic mass is 16.5. The first kappa shape index (κ1) is 18.6. The standard InChI is InChI=1S/C20H25N5O3/c26-19(13-16-3-1-2-8-21-16)24-10-5-17(6-11-24)25-18(4-9-22-25)23-20(27)15-7-12-28-14-15/h1-4,8-9,15,17H,5-7,10-14H2,(H,23,27)/t15-/m0/s1. The summed E-state index contributed by atoms with van der Waals surface area (Å²) in [6.07, 6.45) is 6.13. The van der Waals surface area contributed by atoms with Crippen LogP contribution in [-0.4, -0.2) is 57.8 Å². The van der Waals surface area contributed by atoms with Crippen molar-refractivity contribution in [2.75, 3.05) is 31.6 Å². The first-order valence-electron chi connectivity index (χ1n) is 9.80. The zero-order chi connectivity index (χ0) is 19.3. The van der Waals surface area contributed by atoms with Gasteiger partial charge in [0.2, 0.25) is 11.8 Å². The van der Waals surface area contributed by atoms with Crippen molar-refractivity contribution in [2.24, 2.45) is 5.92 Å². The fourth-order valence-electron chi connectivity index (χ4n) is 3.80. The zero-order valence-electron chi connectivity index (χ0n) is 15.8. The Bertz CT molecular complexity index is 808. The minimum Gasteiger partial charge on any atom is -0.381 e. The molecule has 28 heavy (non-hydrogen) atoms. The van der Waals surface area contributed by atoms with Crippen molar-refractivity contribution in [3.8, 4) is 0 Å². The van der Waals surface area contributed by atoms with Gasteiger partial charge in [0.1, 0.15) is 5.82 Å². The molecule has 4 rings (SSSR count). The van der Waals surface area contributed by atoms with Gasteiger partial charge < -0.3 is 15.0 Å². The second kappa shape index (κ2) is 8.52. The van der Waals surface area contributed by atoms with E-state index >= 15 is 0 Å². The molecule has 0 bridgehead atoms. The number of carbonyl (C=O) groups is 2. The van der Waals surface area contributed by atoms with Gasteiger partial charge in [0.15, 0.2) is 0 Å². The third kappa shape index (κ3) is 4.22. The van der Waals surface area contributed by atoms with Crippen LogP contribution >= 0.6 is 0 Å². The quantitative estimate of drug-likeness (QED) is 0.848. The number of nitrogens with zero attached hydrogens (tertiary/aromatic N) is 4. The van der Waals surface area contributed by atoms with Gasteiger partial charge in [0, 0.05) is 37.7 Å². The topological polar surface area (TPSA) is 89.4 Å². The van der Waals surface area contributed by atoms with Crippen LogP contribution in [0.25, 0.3) is 0 Å². The van der Waals surface area contributed by atoms with Crippen LogP contribution < -0.4 is 5.32 Å². The lowest BCUT2D eigenvalue weighted by molar-refractivity contribution is -0.131. The average molecular weight is 383 g/mol. The Hall–Kier alpha value is -2.74. The Balaban J connectivity index is 1.32. The number of carbonyl (C=O) groups excluding carboxylic acids is 2. The van der Waals surface area contributed by atoms with E-state index in [0.717, 1.165) is 30.8 Å². The van der Waals surface area contributed by atoms with Crippen molar-refractivity contribution in [1.29, 1.82) is 0 Å². The zero-order valence-corrected chi connectivity index (χ0v) is 15.8. The minimum absolute atomic E-state index is 0.0118. The molecule has 4 heterocycles. The van der Waals surface area contributed by atoms with Gasteiger partial charge in [-0.15, -0.1) is 0 Å². The summed E-state index contributed by atoms with van der Waals surface area (Å²) in [5.74, 6) is 0.721. The molecule has 0 aliphatic carbocycles. The second-order valence-electron chi connectivity index (χ2n) is 7.32. The molecule has 0 radical (unpaired) electrons. The normalized spacial score (nSPS) is 20.3. The maximum absolute atomic E-state index is 12.5. The molecule has 0 aromatic carbocycles. The largest absolute Gasteiger partial charge is 0.381 e. The molecule has 8 nitrogen and oxygen atoms in total. The summed E-state index contributed by atoms with van der Waals surface area (Å²) in [5.41, 5.74) is 0.794. The number of likely N-dealkylation sites (tertiary alicyclic amines) is 1. The molecular weight excluding hydrogens is 358 g/mol. The number of nitrogens with one attached hydrogen (secondary N) is 1. The van der Waals surface area contributed by atoms with E-state index in [1.165, 1.54) is 0 Å². The first-order chi connectivity index (χ1) is 13.7. The van der Waals surface area contributed by atoms with Crippen LogP contribution in [0.15, 0.2) is 36.7 Å². The molecule has 2 aliphatic heterocycles. The Kier molecular flexibility index (Phi) is 5.66. The van der Waals surface area contributed by atoms with Crippen LogP contribution in [0.2, 0.25) is 0 Å². The van der Waals surface area contributed by atoms with Crippen LogP contribution in [0.1, 0.15) is 31.0 Å². The maximum atomic E-state index is 12.5. The molecular formula is C20H25N5O3. The van der Waals surface area contributed by atoms with E-state index in [4.69, 9.17) is 4.74 Å². The molecule has 8 heteroatoms. The van der Waals surface area contributed by atoms with Crippen molar-refractivity contribution in [2.45, 2.75) is 31.7 Å². The van der Waals surface area contributed by atoms with E-state index in [9.17, 15) is 9.59 Å². The highest BCUT2D eigenvalue weighted by Gasteiger charge is 2.28. The number of pyridine rings is 1. The summed E-state index contributed by atoms with van der Waals surface area (Å²) in [6, 6.07) is 7.61. The van der Waals surface area contributed by atoms with Gasteiger partial charge in [-0.3, -0.25) is 14.6 Å². The SMILES string of the molecule is O=C(Nc1ccnn1C1CCN(C(=O)Cc2ccccn2)CC1)[C@H]1CCOC1. The Morgan fingerprint density at radius 1 is 1.14 bits per heavy atom. The Morgan fingerprint density at radius 2 is 2.00 bits per heavy atom. The highest BCUT2D eigenvalue weighted by Crippen LogP contribution is 2.26. The number of ether oxygens (including phenoxy) is 1. The van der Waals surface area contributed by atoms with E-state index in [-0.39, 0.29) is 23.8 Å². The van der Waals surface area contributed by atoms with Crippen LogP contribution in [0.3, 0.4) is 0 Å². The highest BCUT2D eigenvalue weighted by molar-refractivity contribution is 5.92. The Morgan fingerprint density at radius 3 is 2.71 bits per heavy atom.